The van der Waals surface area contributed by atoms with Gasteiger partial charge in [-0.25, -0.2) is 4.98 Å². The second-order valence-corrected chi connectivity index (χ2v) is 6.26. The average molecular weight is 372 g/mol. The number of nitrogens with zero attached hydrogens (tertiary/aromatic N) is 1. The number of halogens is 2. The van der Waals surface area contributed by atoms with Crippen LogP contribution in [0.2, 0.25) is 10.0 Å². The third-order valence-corrected chi connectivity index (χ3v) is 3.90. The molecule has 2 aromatic carbocycles. The fourth-order valence-electron chi connectivity index (χ4n) is 2.25. The molecule has 1 amide bonds. The van der Waals surface area contributed by atoms with Crippen molar-refractivity contribution in [3.63, 3.8) is 0 Å². The summed E-state index contributed by atoms with van der Waals surface area (Å²) in [4.78, 5) is 16.5. The summed E-state index contributed by atoms with van der Waals surface area (Å²) < 4.78 is 0. The Bertz CT molecular complexity index is 847. The number of nitrogens with one attached hydrogen (secondary N) is 2. The molecule has 0 fully saturated rings. The number of aromatic nitrogens is 1. The van der Waals surface area contributed by atoms with E-state index in [-0.39, 0.29) is 5.91 Å². The van der Waals surface area contributed by atoms with Gasteiger partial charge in [0, 0.05) is 28.5 Å². The van der Waals surface area contributed by atoms with E-state index >= 15 is 0 Å². The van der Waals surface area contributed by atoms with Crippen molar-refractivity contribution in [2.75, 3.05) is 10.6 Å². The Morgan fingerprint density at radius 2 is 1.68 bits per heavy atom. The average Bonchev–Trinajstić information content (AvgIpc) is 2.60. The summed E-state index contributed by atoms with van der Waals surface area (Å²) in [5, 5.41) is 6.88. The summed E-state index contributed by atoms with van der Waals surface area (Å²) >= 11 is 11.9. The zero-order valence-electron chi connectivity index (χ0n) is 13.2. The van der Waals surface area contributed by atoms with Gasteiger partial charge in [0.2, 0.25) is 0 Å². The van der Waals surface area contributed by atoms with Gasteiger partial charge in [-0.05, 0) is 35.9 Å². The van der Waals surface area contributed by atoms with E-state index in [4.69, 9.17) is 23.2 Å². The molecule has 0 aliphatic heterocycles. The van der Waals surface area contributed by atoms with Crippen molar-refractivity contribution in [1.82, 2.24) is 4.98 Å². The van der Waals surface area contributed by atoms with E-state index in [0.29, 0.717) is 33.7 Å². The number of carbonyl (C=O) groups excluding carboxylic acids is 1. The summed E-state index contributed by atoms with van der Waals surface area (Å²) in [6.45, 7) is 0.667. The van der Waals surface area contributed by atoms with Gasteiger partial charge in [-0.1, -0.05) is 53.5 Å². The van der Waals surface area contributed by atoms with Crippen LogP contribution in [0.3, 0.4) is 0 Å². The van der Waals surface area contributed by atoms with Gasteiger partial charge in [0.25, 0.3) is 5.91 Å². The standard InChI is InChI=1S/C19H15Cl2N3O/c20-15-8-16(21)10-17(9-15)24-19(25)14-6-7-18(23-12-14)22-11-13-4-2-1-3-5-13/h1-10,12H,11H2,(H,22,23)(H,24,25). The second kappa shape index (κ2) is 8.01. The minimum Gasteiger partial charge on any atom is -0.366 e. The first-order valence-electron chi connectivity index (χ1n) is 7.61. The van der Waals surface area contributed by atoms with Crippen molar-refractivity contribution in [3.8, 4) is 0 Å². The van der Waals surface area contributed by atoms with Crippen molar-refractivity contribution < 1.29 is 4.79 Å². The lowest BCUT2D eigenvalue weighted by Gasteiger charge is -2.08. The van der Waals surface area contributed by atoms with E-state index in [1.54, 1.807) is 30.3 Å². The SMILES string of the molecule is O=C(Nc1cc(Cl)cc(Cl)c1)c1ccc(NCc2ccccc2)nc1. The Labute approximate surface area is 155 Å². The highest BCUT2D eigenvalue weighted by atomic mass is 35.5. The molecule has 0 aliphatic carbocycles. The first-order chi connectivity index (χ1) is 12.1. The van der Waals surface area contributed by atoms with Crippen LogP contribution < -0.4 is 10.6 Å². The number of benzene rings is 2. The maximum Gasteiger partial charge on any atom is 0.257 e. The van der Waals surface area contributed by atoms with Crippen molar-refractivity contribution in [3.05, 3.63) is 88.0 Å². The number of hydrogen-bond donors (Lipinski definition) is 2. The molecule has 25 heavy (non-hydrogen) atoms. The predicted molar refractivity (Wildman–Crippen MR) is 102 cm³/mol. The van der Waals surface area contributed by atoms with Gasteiger partial charge in [0.15, 0.2) is 0 Å². The first kappa shape index (κ1) is 17.3. The molecule has 2 N–H and O–H groups in total. The van der Waals surface area contributed by atoms with Gasteiger partial charge < -0.3 is 10.6 Å². The van der Waals surface area contributed by atoms with Gasteiger partial charge in [0.05, 0.1) is 5.56 Å². The predicted octanol–water partition coefficient (Wildman–Crippen LogP) is 5.25. The van der Waals surface area contributed by atoms with Crippen LogP contribution >= 0.6 is 23.2 Å². The molecule has 1 aromatic heterocycles. The third kappa shape index (κ3) is 4.95. The highest BCUT2D eigenvalue weighted by Gasteiger charge is 2.08. The molecule has 0 saturated carbocycles. The Hall–Kier alpha value is -2.56. The molecular weight excluding hydrogens is 357 g/mol. The summed E-state index contributed by atoms with van der Waals surface area (Å²) in [5.74, 6) is 0.423. The molecule has 0 aliphatic rings. The topological polar surface area (TPSA) is 54.0 Å². The Kier molecular flexibility index (Phi) is 5.53. The molecule has 3 rings (SSSR count). The third-order valence-electron chi connectivity index (χ3n) is 3.46. The zero-order valence-corrected chi connectivity index (χ0v) is 14.7. The van der Waals surface area contributed by atoms with Crippen LogP contribution in [0, 0.1) is 0 Å². The summed E-state index contributed by atoms with van der Waals surface area (Å²) in [5.41, 5.74) is 2.14. The zero-order chi connectivity index (χ0) is 17.6. The molecular formula is C19H15Cl2N3O. The first-order valence-corrected chi connectivity index (χ1v) is 8.37. The van der Waals surface area contributed by atoms with Crippen LogP contribution in [0.5, 0.6) is 0 Å². The fraction of sp³-hybridized carbons (Fsp3) is 0.0526. The number of rotatable bonds is 5. The summed E-state index contributed by atoms with van der Waals surface area (Å²) in [7, 11) is 0. The lowest BCUT2D eigenvalue weighted by Crippen LogP contribution is -2.12. The molecule has 0 radical (unpaired) electrons. The van der Waals surface area contributed by atoms with Crippen molar-refractivity contribution in [2.24, 2.45) is 0 Å². The van der Waals surface area contributed by atoms with Crippen LogP contribution in [0.1, 0.15) is 15.9 Å². The Balaban J connectivity index is 1.62. The van der Waals surface area contributed by atoms with E-state index in [1.807, 2.05) is 30.3 Å². The quantitative estimate of drug-likeness (QED) is 0.643. The second-order valence-electron chi connectivity index (χ2n) is 5.38. The van der Waals surface area contributed by atoms with Crippen LogP contribution in [-0.2, 0) is 6.54 Å². The number of amides is 1. The maximum absolute atomic E-state index is 12.3. The minimum absolute atomic E-state index is 0.277. The van der Waals surface area contributed by atoms with Crippen molar-refractivity contribution in [1.29, 1.82) is 0 Å². The number of hydrogen-bond acceptors (Lipinski definition) is 3. The number of pyridine rings is 1. The molecule has 0 saturated heterocycles. The van der Waals surface area contributed by atoms with Gasteiger partial charge in [-0.15, -0.1) is 0 Å². The number of carbonyl (C=O) groups is 1. The lowest BCUT2D eigenvalue weighted by atomic mass is 10.2. The van der Waals surface area contributed by atoms with Gasteiger partial charge in [-0.3, -0.25) is 4.79 Å². The highest BCUT2D eigenvalue weighted by Crippen LogP contribution is 2.23. The van der Waals surface area contributed by atoms with Crippen LogP contribution in [0.25, 0.3) is 0 Å². The summed E-state index contributed by atoms with van der Waals surface area (Å²) in [6.07, 6.45) is 1.52. The molecule has 1 heterocycles. The Morgan fingerprint density at radius 3 is 2.32 bits per heavy atom. The van der Waals surface area contributed by atoms with Gasteiger partial charge in [0.1, 0.15) is 5.82 Å². The molecule has 0 spiro atoms. The molecule has 4 nitrogen and oxygen atoms in total. The van der Waals surface area contributed by atoms with Gasteiger partial charge in [-0.2, -0.15) is 0 Å². The van der Waals surface area contributed by atoms with E-state index < -0.39 is 0 Å². The monoisotopic (exact) mass is 371 g/mol. The lowest BCUT2D eigenvalue weighted by molar-refractivity contribution is 0.102. The molecule has 6 heteroatoms. The van der Waals surface area contributed by atoms with E-state index in [2.05, 4.69) is 15.6 Å². The smallest absolute Gasteiger partial charge is 0.257 e. The fourth-order valence-corrected chi connectivity index (χ4v) is 2.78. The van der Waals surface area contributed by atoms with E-state index in [9.17, 15) is 4.79 Å². The van der Waals surface area contributed by atoms with Crippen LogP contribution in [-0.4, -0.2) is 10.9 Å². The normalized spacial score (nSPS) is 10.3. The molecule has 3 aromatic rings. The summed E-state index contributed by atoms with van der Waals surface area (Å²) in [6, 6.07) is 18.4. The maximum atomic E-state index is 12.3. The van der Waals surface area contributed by atoms with E-state index in [0.717, 1.165) is 5.56 Å². The Morgan fingerprint density at radius 1 is 0.960 bits per heavy atom. The molecule has 0 atom stereocenters. The van der Waals surface area contributed by atoms with Crippen LogP contribution in [0.4, 0.5) is 11.5 Å². The van der Waals surface area contributed by atoms with E-state index in [1.165, 1.54) is 6.20 Å². The molecule has 0 bridgehead atoms. The molecule has 0 unspecified atom stereocenters. The minimum atomic E-state index is -0.277. The van der Waals surface area contributed by atoms with Crippen LogP contribution in [0.15, 0.2) is 66.9 Å². The van der Waals surface area contributed by atoms with Gasteiger partial charge >= 0.3 is 0 Å². The van der Waals surface area contributed by atoms with Crippen molar-refractivity contribution in [2.45, 2.75) is 6.54 Å². The van der Waals surface area contributed by atoms with Crippen molar-refractivity contribution >= 4 is 40.6 Å². The number of anilines is 2. The highest BCUT2D eigenvalue weighted by molar-refractivity contribution is 6.35. The largest absolute Gasteiger partial charge is 0.366 e. The molecule has 126 valence electrons.